The van der Waals surface area contributed by atoms with Gasteiger partial charge in [0.05, 0.1) is 11.5 Å². The number of nitro benzene ring substituents is 1. The van der Waals surface area contributed by atoms with Crippen molar-refractivity contribution in [3.05, 3.63) is 39.4 Å². The first-order valence-electron chi connectivity index (χ1n) is 5.08. The molecule has 1 aromatic rings. The zero-order valence-electron chi connectivity index (χ0n) is 9.73. The van der Waals surface area contributed by atoms with Gasteiger partial charge in [0, 0.05) is 30.8 Å². The number of carbonyl (C=O) groups is 1. The van der Waals surface area contributed by atoms with Crippen LogP contribution in [0.3, 0.4) is 0 Å². The molecular formula is C11H14N2O4. The van der Waals surface area contributed by atoms with E-state index in [-0.39, 0.29) is 17.2 Å². The summed E-state index contributed by atoms with van der Waals surface area (Å²) in [6.07, 6.45) is 0. The first kappa shape index (κ1) is 13.1. The third-order valence-electron chi connectivity index (χ3n) is 2.26. The Morgan fingerprint density at radius 2 is 2.24 bits per heavy atom. The summed E-state index contributed by atoms with van der Waals surface area (Å²) < 4.78 is 4.79. The molecule has 17 heavy (non-hydrogen) atoms. The van der Waals surface area contributed by atoms with Gasteiger partial charge in [0.15, 0.2) is 0 Å². The van der Waals surface area contributed by atoms with E-state index in [0.29, 0.717) is 18.7 Å². The van der Waals surface area contributed by atoms with Crippen LogP contribution in [0.25, 0.3) is 0 Å². The highest BCUT2D eigenvalue weighted by Crippen LogP contribution is 2.18. The van der Waals surface area contributed by atoms with E-state index in [4.69, 9.17) is 4.74 Å². The molecule has 0 aliphatic rings. The summed E-state index contributed by atoms with van der Waals surface area (Å²) in [5.74, 6) is -0.342. The molecule has 1 amide bonds. The van der Waals surface area contributed by atoms with E-state index in [9.17, 15) is 14.9 Å². The lowest BCUT2D eigenvalue weighted by molar-refractivity contribution is -0.385. The van der Waals surface area contributed by atoms with Crippen molar-refractivity contribution in [1.82, 2.24) is 5.32 Å². The average molecular weight is 238 g/mol. The fraction of sp³-hybridized carbons (Fsp3) is 0.364. The van der Waals surface area contributed by atoms with Crippen LogP contribution in [0.4, 0.5) is 5.69 Å². The molecule has 6 nitrogen and oxygen atoms in total. The molecule has 92 valence electrons. The largest absolute Gasteiger partial charge is 0.383 e. The van der Waals surface area contributed by atoms with Gasteiger partial charge in [0.1, 0.15) is 0 Å². The second-order valence-electron chi connectivity index (χ2n) is 3.51. The molecular weight excluding hydrogens is 224 g/mol. The maximum atomic E-state index is 11.6. The van der Waals surface area contributed by atoms with Gasteiger partial charge in [-0.05, 0) is 13.0 Å². The highest BCUT2D eigenvalue weighted by Gasteiger charge is 2.14. The maximum Gasteiger partial charge on any atom is 0.273 e. The van der Waals surface area contributed by atoms with Crippen molar-refractivity contribution in [3.8, 4) is 0 Å². The lowest BCUT2D eigenvalue weighted by Crippen LogP contribution is -2.26. The molecule has 0 saturated carbocycles. The highest BCUT2D eigenvalue weighted by atomic mass is 16.6. The van der Waals surface area contributed by atoms with Crippen LogP contribution >= 0.6 is 0 Å². The van der Waals surface area contributed by atoms with Crippen LogP contribution in [-0.2, 0) is 4.74 Å². The minimum Gasteiger partial charge on any atom is -0.383 e. The van der Waals surface area contributed by atoms with E-state index in [1.54, 1.807) is 19.1 Å². The van der Waals surface area contributed by atoms with Crippen LogP contribution in [0.5, 0.6) is 0 Å². The Kier molecular flexibility index (Phi) is 4.59. The summed E-state index contributed by atoms with van der Waals surface area (Å²) >= 11 is 0. The number of amides is 1. The van der Waals surface area contributed by atoms with Gasteiger partial charge in [-0.25, -0.2) is 0 Å². The number of hydrogen-bond donors (Lipinski definition) is 1. The van der Waals surface area contributed by atoms with Crippen molar-refractivity contribution in [2.75, 3.05) is 20.3 Å². The summed E-state index contributed by atoms with van der Waals surface area (Å²) in [6, 6.07) is 4.39. The molecule has 0 saturated heterocycles. The van der Waals surface area contributed by atoms with Crippen molar-refractivity contribution in [3.63, 3.8) is 0 Å². The summed E-state index contributed by atoms with van der Waals surface area (Å²) in [4.78, 5) is 21.8. The van der Waals surface area contributed by atoms with Gasteiger partial charge >= 0.3 is 0 Å². The van der Waals surface area contributed by atoms with Crippen LogP contribution < -0.4 is 5.32 Å². The molecule has 0 aliphatic carbocycles. The van der Waals surface area contributed by atoms with Gasteiger partial charge in [-0.15, -0.1) is 0 Å². The van der Waals surface area contributed by atoms with Crippen LogP contribution in [0, 0.1) is 17.0 Å². The molecule has 0 heterocycles. The number of benzene rings is 1. The molecule has 1 rings (SSSR count). The van der Waals surface area contributed by atoms with Gasteiger partial charge in [-0.2, -0.15) is 0 Å². The first-order valence-corrected chi connectivity index (χ1v) is 5.08. The van der Waals surface area contributed by atoms with E-state index in [2.05, 4.69) is 5.32 Å². The van der Waals surface area contributed by atoms with Crippen molar-refractivity contribution < 1.29 is 14.5 Å². The second kappa shape index (κ2) is 5.95. The fourth-order valence-corrected chi connectivity index (χ4v) is 1.32. The molecule has 0 aromatic heterocycles. The Balaban J connectivity index is 2.81. The highest BCUT2D eigenvalue weighted by molar-refractivity contribution is 5.94. The van der Waals surface area contributed by atoms with Gasteiger partial charge in [-0.1, -0.05) is 6.07 Å². The SMILES string of the molecule is COCCNC(=O)c1ccc(C)c([N+](=O)[O-])c1. The number of methoxy groups -OCH3 is 1. The van der Waals surface area contributed by atoms with E-state index >= 15 is 0 Å². The summed E-state index contributed by atoms with van der Waals surface area (Å²) in [5, 5.41) is 13.3. The van der Waals surface area contributed by atoms with Crippen LogP contribution in [0.15, 0.2) is 18.2 Å². The normalized spacial score (nSPS) is 10.0. The fourth-order valence-electron chi connectivity index (χ4n) is 1.32. The summed E-state index contributed by atoms with van der Waals surface area (Å²) in [6.45, 7) is 2.40. The number of ether oxygens (including phenoxy) is 1. The Morgan fingerprint density at radius 1 is 1.53 bits per heavy atom. The molecule has 1 N–H and O–H groups in total. The number of nitrogens with one attached hydrogen (secondary N) is 1. The molecule has 1 aromatic carbocycles. The number of aryl methyl sites for hydroxylation is 1. The Morgan fingerprint density at radius 3 is 2.82 bits per heavy atom. The van der Waals surface area contributed by atoms with Gasteiger partial charge in [0.25, 0.3) is 11.6 Å². The topological polar surface area (TPSA) is 81.5 Å². The number of nitro groups is 1. The maximum absolute atomic E-state index is 11.6. The molecule has 0 bridgehead atoms. The molecule has 0 aliphatic heterocycles. The number of rotatable bonds is 5. The van der Waals surface area contributed by atoms with Crippen molar-refractivity contribution in [1.29, 1.82) is 0 Å². The van der Waals surface area contributed by atoms with Crippen molar-refractivity contribution in [2.45, 2.75) is 6.92 Å². The first-order chi connectivity index (χ1) is 8.06. The predicted octanol–water partition coefficient (Wildman–Crippen LogP) is 1.28. The molecule has 0 atom stereocenters. The van der Waals surface area contributed by atoms with Crippen molar-refractivity contribution in [2.24, 2.45) is 0 Å². The van der Waals surface area contributed by atoms with Gasteiger partial charge in [-0.3, -0.25) is 14.9 Å². The molecule has 0 unspecified atom stereocenters. The average Bonchev–Trinajstić information content (AvgIpc) is 2.29. The number of hydrogen-bond acceptors (Lipinski definition) is 4. The van der Waals surface area contributed by atoms with Crippen LogP contribution in [0.1, 0.15) is 15.9 Å². The van der Waals surface area contributed by atoms with Gasteiger partial charge in [0.2, 0.25) is 0 Å². The Bertz CT molecular complexity index is 431. The van der Waals surface area contributed by atoms with Crippen LogP contribution in [-0.4, -0.2) is 31.1 Å². The zero-order chi connectivity index (χ0) is 12.8. The molecule has 0 spiro atoms. The summed E-state index contributed by atoms with van der Waals surface area (Å²) in [7, 11) is 1.53. The smallest absolute Gasteiger partial charge is 0.273 e. The minimum atomic E-state index is -0.499. The third-order valence-corrected chi connectivity index (χ3v) is 2.26. The lowest BCUT2D eigenvalue weighted by Gasteiger charge is -2.05. The lowest BCUT2D eigenvalue weighted by atomic mass is 10.1. The van der Waals surface area contributed by atoms with E-state index in [0.717, 1.165) is 0 Å². The van der Waals surface area contributed by atoms with Gasteiger partial charge < -0.3 is 10.1 Å². The quantitative estimate of drug-likeness (QED) is 0.476. The molecule has 0 radical (unpaired) electrons. The summed E-state index contributed by atoms with van der Waals surface area (Å²) in [5.41, 5.74) is 0.756. The molecule has 0 fully saturated rings. The van der Waals surface area contributed by atoms with E-state index in [1.807, 2.05) is 0 Å². The minimum absolute atomic E-state index is 0.0515. The third kappa shape index (κ3) is 3.53. The Hall–Kier alpha value is -1.95. The Labute approximate surface area is 98.7 Å². The second-order valence-corrected chi connectivity index (χ2v) is 3.51. The molecule has 6 heteroatoms. The number of carbonyl (C=O) groups excluding carboxylic acids is 1. The van der Waals surface area contributed by atoms with E-state index in [1.165, 1.54) is 13.2 Å². The van der Waals surface area contributed by atoms with E-state index < -0.39 is 4.92 Å². The number of nitrogens with zero attached hydrogens (tertiary/aromatic N) is 1. The monoisotopic (exact) mass is 238 g/mol. The van der Waals surface area contributed by atoms with Crippen molar-refractivity contribution >= 4 is 11.6 Å². The zero-order valence-corrected chi connectivity index (χ0v) is 9.73. The predicted molar refractivity (Wildman–Crippen MR) is 62.0 cm³/mol. The van der Waals surface area contributed by atoms with Crippen LogP contribution in [0.2, 0.25) is 0 Å². The standard InChI is InChI=1S/C11H14N2O4/c1-8-3-4-9(7-10(8)13(15)16)11(14)12-5-6-17-2/h3-4,7H,5-6H2,1-2H3,(H,12,14).